The Hall–Kier alpha value is -4.34. The molecule has 2 aromatic carbocycles. The zero-order valence-electron chi connectivity index (χ0n) is 21.8. The van der Waals surface area contributed by atoms with Crippen molar-refractivity contribution in [1.82, 2.24) is 9.79 Å². The number of halogens is 3. The number of aryl methyl sites for hydroxylation is 1. The smallest absolute Gasteiger partial charge is 0.418 e. The predicted molar refractivity (Wildman–Crippen MR) is 145 cm³/mol. The van der Waals surface area contributed by atoms with Gasteiger partial charge >= 0.3 is 19.2 Å². The summed E-state index contributed by atoms with van der Waals surface area (Å²) in [7, 11) is -0.671. The molecular formula is C28H26BF3N4O4. The summed E-state index contributed by atoms with van der Waals surface area (Å²) in [6.45, 7) is 4.90. The van der Waals surface area contributed by atoms with E-state index in [-0.39, 0.29) is 22.5 Å². The summed E-state index contributed by atoms with van der Waals surface area (Å²) in [5.41, 5.74) is 0.965. The van der Waals surface area contributed by atoms with Crippen LogP contribution in [-0.2, 0) is 6.18 Å². The van der Waals surface area contributed by atoms with Crippen LogP contribution in [0.4, 0.5) is 24.5 Å². The Morgan fingerprint density at radius 1 is 1.00 bits per heavy atom. The van der Waals surface area contributed by atoms with Crippen molar-refractivity contribution >= 4 is 30.3 Å². The summed E-state index contributed by atoms with van der Waals surface area (Å²) in [6, 6.07) is 9.81. The number of amides is 1. The lowest BCUT2D eigenvalue weighted by Crippen LogP contribution is -2.51. The predicted octanol–water partition coefficient (Wildman–Crippen LogP) is 3.99. The first-order valence-electron chi connectivity index (χ1n) is 12.4. The highest BCUT2D eigenvalue weighted by Gasteiger charge is 2.36. The van der Waals surface area contributed by atoms with Crippen LogP contribution in [0.1, 0.15) is 43.0 Å². The van der Waals surface area contributed by atoms with Gasteiger partial charge in [-0.3, -0.25) is 9.78 Å². The van der Waals surface area contributed by atoms with Crippen molar-refractivity contribution < 1.29 is 32.9 Å². The standard InChI is InChI=1S/C28H26BF3N4O4/c1-18-3-5-21(14-20(18)6-4-19-13-22(27(38)39)17-33-16-19)26(37)34-23-7-8-25(24(15-23)28(30,31)32)35-9-11-36(12-10-35)29(2)40/h3,5,7-8,13-17,40H,9-12H2,1-2H3,(H,34,37)(H,38,39). The SMILES string of the molecule is CB(O)N1CCN(c2ccc(NC(=O)c3ccc(C)c(C#Cc4cncc(C(=O)O)c4)c3)cc2C(F)(F)F)CC1. The number of pyridine rings is 1. The number of aromatic carboxylic acids is 1. The molecule has 3 aromatic rings. The van der Waals surface area contributed by atoms with E-state index in [0.29, 0.717) is 37.3 Å². The molecule has 1 saturated heterocycles. The summed E-state index contributed by atoms with van der Waals surface area (Å²) >= 11 is 0. The Morgan fingerprint density at radius 3 is 2.38 bits per heavy atom. The number of hydrogen-bond donors (Lipinski definition) is 3. The van der Waals surface area contributed by atoms with E-state index in [1.807, 2.05) is 0 Å². The third-order valence-corrected chi connectivity index (χ3v) is 6.57. The minimum absolute atomic E-state index is 0.00606. The number of carbonyl (C=O) groups excluding carboxylic acids is 1. The number of nitrogens with zero attached hydrogens (tertiary/aromatic N) is 3. The van der Waals surface area contributed by atoms with Gasteiger partial charge in [0, 0.05) is 66.6 Å². The van der Waals surface area contributed by atoms with Gasteiger partial charge in [0.05, 0.1) is 11.1 Å². The molecule has 206 valence electrons. The first-order valence-corrected chi connectivity index (χ1v) is 12.4. The molecule has 0 bridgehead atoms. The van der Waals surface area contributed by atoms with Gasteiger partial charge in [0.2, 0.25) is 0 Å². The van der Waals surface area contributed by atoms with Gasteiger partial charge in [0.1, 0.15) is 0 Å². The molecule has 1 amide bonds. The summed E-state index contributed by atoms with van der Waals surface area (Å²) in [4.78, 5) is 31.4. The fraction of sp³-hybridized carbons (Fsp3) is 0.250. The monoisotopic (exact) mass is 550 g/mol. The van der Waals surface area contributed by atoms with E-state index in [0.717, 1.165) is 11.6 Å². The molecule has 1 fully saturated rings. The van der Waals surface area contributed by atoms with Crippen LogP contribution in [0.2, 0.25) is 6.82 Å². The Bertz CT molecular complexity index is 1490. The molecule has 3 N–H and O–H groups in total. The Kier molecular flexibility index (Phi) is 8.47. The summed E-state index contributed by atoms with van der Waals surface area (Å²) in [5.74, 6) is 3.99. The molecule has 1 aromatic heterocycles. The maximum atomic E-state index is 14.0. The molecule has 40 heavy (non-hydrogen) atoms. The molecule has 4 rings (SSSR count). The average Bonchev–Trinajstić information content (AvgIpc) is 2.92. The number of benzene rings is 2. The highest BCUT2D eigenvalue weighted by molar-refractivity contribution is 6.45. The Labute approximate surface area is 229 Å². The zero-order chi connectivity index (χ0) is 29.0. The summed E-state index contributed by atoms with van der Waals surface area (Å²) in [6.07, 6.45) is -2.02. The zero-order valence-corrected chi connectivity index (χ0v) is 21.8. The number of carboxylic acids is 1. The lowest BCUT2D eigenvalue weighted by Gasteiger charge is -2.37. The first kappa shape index (κ1) is 28.7. The number of rotatable bonds is 5. The second-order valence-corrected chi connectivity index (χ2v) is 9.39. The van der Waals surface area contributed by atoms with Crippen LogP contribution < -0.4 is 10.2 Å². The minimum Gasteiger partial charge on any atom is -0.478 e. The maximum absolute atomic E-state index is 14.0. The number of carbonyl (C=O) groups is 2. The molecule has 0 atom stereocenters. The Morgan fingerprint density at radius 2 is 1.73 bits per heavy atom. The van der Waals surface area contributed by atoms with Crippen molar-refractivity contribution in [3.8, 4) is 11.8 Å². The first-order chi connectivity index (χ1) is 18.9. The van der Waals surface area contributed by atoms with Gasteiger partial charge in [-0.15, -0.1) is 0 Å². The van der Waals surface area contributed by atoms with E-state index >= 15 is 0 Å². The number of aromatic nitrogens is 1. The lowest BCUT2D eigenvalue weighted by molar-refractivity contribution is -0.137. The topological polar surface area (TPSA) is 106 Å². The van der Waals surface area contributed by atoms with Crippen LogP contribution in [0.15, 0.2) is 54.9 Å². The number of nitrogens with one attached hydrogen (secondary N) is 1. The molecule has 8 nitrogen and oxygen atoms in total. The molecule has 12 heteroatoms. The molecule has 0 aliphatic carbocycles. The maximum Gasteiger partial charge on any atom is 0.418 e. The van der Waals surface area contributed by atoms with Gasteiger partial charge < -0.3 is 25.2 Å². The van der Waals surface area contributed by atoms with Crippen molar-refractivity contribution in [2.24, 2.45) is 0 Å². The fourth-order valence-electron chi connectivity index (χ4n) is 4.32. The highest BCUT2D eigenvalue weighted by atomic mass is 19.4. The van der Waals surface area contributed by atoms with Crippen LogP contribution in [0.25, 0.3) is 0 Å². The van der Waals surface area contributed by atoms with E-state index in [1.54, 1.807) is 35.6 Å². The third kappa shape index (κ3) is 6.80. The van der Waals surface area contributed by atoms with Crippen molar-refractivity contribution in [3.05, 3.63) is 88.2 Å². The molecule has 0 spiro atoms. The molecular weight excluding hydrogens is 524 g/mol. The molecule has 1 aliphatic heterocycles. The van der Waals surface area contributed by atoms with E-state index in [2.05, 4.69) is 22.1 Å². The van der Waals surface area contributed by atoms with Gasteiger partial charge in [-0.25, -0.2) is 4.79 Å². The fourth-order valence-corrected chi connectivity index (χ4v) is 4.32. The minimum atomic E-state index is -4.64. The molecule has 0 saturated carbocycles. The summed E-state index contributed by atoms with van der Waals surface area (Å²) in [5, 5.41) is 21.4. The average molecular weight is 550 g/mol. The molecule has 0 unspecified atom stereocenters. The second-order valence-electron chi connectivity index (χ2n) is 9.39. The van der Waals surface area contributed by atoms with Crippen molar-refractivity contribution in [1.29, 1.82) is 0 Å². The number of hydrogen-bond acceptors (Lipinski definition) is 6. The van der Waals surface area contributed by atoms with E-state index in [4.69, 9.17) is 5.11 Å². The summed E-state index contributed by atoms with van der Waals surface area (Å²) < 4.78 is 42.0. The van der Waals surface area contributed by atoms with Crippen LogP contribution in [0.3, 0.4) is 0 Å². The highest BCUT2D eigenvalue weighted by Crippen LogP contribution is 2.38. The van der Waals surface area contributed by atoms with Crippen molar-refractivity contribution in [2.75, 3.05) is 36.4 Å². The Balaban J connectivity index is 1.54. The number of alkyl halides is 3. The lowest BCUT2D eigenvalue weighted by atomic mass is 9.84. The second kappa shape index (κ2) is 11.8. The molecule has 1 aliphatic rings. The van der Waals surface area contributed by atoms with Crippen LogP contribution >= 0.6 is 0 Å². The number of carboxylic acid groups (broad SMARTS) is 1. The molecule has 2 heterocycles. The molecule has 0 radical (unpaired) electrons. The number of anilines is 2. The van der Waals surface area contributed by atoms with E-state index in [9.17, 15) is 27.8 Å². The van der Waals surface area contributed by atoms with Gasteiger partial charge in [-0.1, -0.05) is 17.9 Å². The van der Waals surface area contributed by atoms with E-state index < -0.39 is 30.7 Å². The van der Waals surface area contributed by atoms with E-state index in [1.165, 1.54) is 36.7 Å². The van der Waals surface area contributed by atoms with Gasteiger partial charge in [-0.2, -0.15) is 13.2 Å². The van der Waals surface area contributed by atoms with Crippen LogP contribution in [0, 0.1) is 18.8 Å². The third-order valence-electron chi connectivity index (χ3n) is 6.57. The number of piperazine rings is 1. The van der Waals surface area contributed by atoms with Gasteiger partial charge in [0.15, 0.2) is 0 Å². The quantitative estimate of drug-likeness (QED) is 0.326. The van der Waals surface area contributed by atoms with Crippen molar-refractivity contribution in [2.45, 2.75) is 19.9 Å². The van der Waals surface area contributed by atoms with Crippen LogP contribution in [-0.4, -0.2) is 65.0 Å². The van der Waals surface area contributed by atoms with Gasteiger partial charge in [-0.05, 0) is 55.7 Å². The van der Waals surface area contributed by atoms with Gasteiger partial charge in [0.25, 0.3) is 5.91 Å². The normalized spacial score (nSPS) is 13.8. The largest absolute Gasteiger partial charge is 0.478 e. The van der Waals surface area contributed by atoms with Crippen LogP contribution in [0.5, 0.6) is 0 Å². The van der Waals surface area contributed by atoms with Crippen molar-refractivity contribution in [3.63, 3.8) is 0 Å².